The van der Waals surface area contributed by atoms with Crippen molar-refractivity contribution < 1.29 is 9.18 Å². The fourth-order valence-electron chi connectivity index (χ4n) is 2.29. The van der Waals surface area contributed by atoms with Crippen molar-refractivity contribution in [1.82, 2.24) is 5.32 Å². The van der Waals surface area contributed by atoms with E-state index in [1.807, 2.05) is 6.92 Å². The number of aryl methyl sites for hydroxylation is 1. The smallest absolute Gasteiger partial charge is 0.231 e. The van der Waals surface area contributed by atoms with E-state index in [0.717, 1.165) is 24.9 Å². The number of halogens is 1. The first-order valence-corrected chi connectivity index (χ1v) is 6.30. The first-order valence-electron chi connectivity index (χ1n) is 6.30. The van der Waals surface area contributed by atoms with Crippen LogP contribution < -0.4 is 10.6 Å². The van der Waals surface area contributed by atoms with Crippen molar-refractivity contribution in [2.45, 2.75) is 26.7 Å². The number of hydrogen-bond acceptors (Lipinski definition) is 2. The minimum atomic E-state index is -0.376. The summed E-state index contributed by atoms with van der Waals surface area (Å²) in [7, 11) is 0. The molecule has 0 aromatic heterocycles. The standard InChI is InChI=1S/C14H19FN2O/c1-10-8-11(15)4-5-12(10)17-13(18)14(2)6-3-7-16-9-14/h4-5,8,16H,3,6-7,9H2,1-2H3,(H,17,18). The van der Waals surface area contributed by atoms with Crippen LogP contribution in [0.2, 0.25) is 0 Å². The van der Waals surface area contributed by atoms with Crippen LogP contribution in [-0.2, 0) is 4.79 Å². The number of hydrogen-bond donors (Lipinski definition) is 2. The molecule has 4 heteroatoms. The van der Waals surface area contributed by atoms with E-state index < -0.39 is 0 Å². The summed E-state index contributed by atoms with van der Waals surface area (Å²) < 4.78 is 13.0. The summed E-state index contributed by atoms with van der Waals surface area (Å²) in [6.45, 7) is 5.42. The van der Waals surface area contributed by atoms with Gasteiger partial charge >= 0.3 is 0 Å². The largest absolute Gasteiger partial charge is 0.325 e. The molecular formula is C14H19FN2O. The Hall–Kier alpha value is -1.42. The van der Waals surface area contributed by atoms with E-state index in [9.17, 15) is 9.18 Å². The van der Waals surface area contributed by atoms with Crippen LogP contribution in [-0.4, -0.2) is 19.0 Å². The Balaban J connectivity index is 2.11. The highest BCUT2D eigenvalue weighted by Gasteiger charge is 2.34. The van der Waals surface area contributed by atoms with Gasteiger partial charge in [0.05, 0.1) is 5.41 Å². The molecule has 0 radical (unpaired) electrons. The molecule has 1 aromatic rings. The normalized spacial score (nSPS) is 23.7. The molecule has 98 valence electrons. The lowest BCUT2D eigenvalue weighted by atomic mass is 9.82. The van der Waals surface area contributed by atoms with Crippen molar-refractivity contribution in [3.05, 3.63) is 29.6 Å². The Morgan fingerprint density at radius 1 is 1.50 bits per heavy atom. The van der Waals surface area contributed by atoms with Gasteiger partial charge in [-0.1, -0.05) is 0 Å². The molecule has 0 bridgehead atoms. The van der Waals surface area contributed by atoms with Crippen molar-refractivity contribution in [3.8, 4) is 0 Å². The van der Waals surface area contributed by atoms with Crippen LogP contribution in [0.25, 0.3) is 0 Å². The number of rotatable bonds is 2. The number of amides is 1. The lowest BCUT2D eigenvalue weighted by molar-refractivity contribution is -0.125. The zero-order valence-electron chi connectivity index (χ0n) is 10.8. The van der Waals surface area contributed by atoms with Gasteiger partial charge in [0, 0.05) is 12.2 Å². The number of carbonyl (C=O) groups is 1. The second kappa shape index (κ2) is 5.06. The van der Waals surface area contributed by atoms with E-state index in [0.29, 0.717) is 12.2 Å². The van der Waals surface area contributed by atoms with Crippen LogP contribution in [0.3, 0.4) is 0 Å². The van der Waals surface area contributed by atoms with E-state index in [4.69, 9.17) is 0 Å². The first kappa shape index (κ1) is 13.0. The van der Waals surface area contributed by atoms with Crippen molar-refractivity contribution >= 4 is 11.6 Å². The van der Waals surface area contributed by atoms with Crippen molar-refractivity contribution in [3.63, 3.8) is 0 Å². The summed E-state index contributed by atoms with van der Waals surface area (Å²) in [5.41, 5.74) is 1.06. The Bertz CT molecular complexity index is 453. The number of carbonyl (C=O) groups excluding carboxylic acids is 1. The molecule has 1 amide bonds. The van der Waals surface area contributed by atoms with Crippen molar-refractivity contribution in [2.24, 2.45) is 5.41 Å². The molecule has 1 unspecified atom stereocenters. The van der Waals surface area contributed by atoms with E-state index >= 15 is 0 Å². The number of piperidine rings is 1. The van der Waals surface area contributed by atoms with E-state index in [1.165, 1.54) is 12.1 Å². The fraction of sp³-hybridized carbons (Fsp3) is 0.500. The number of benzene rings is 1. The molecule has 1 aliphatic heterocycles. The maximum absolute atomic E-state index is 13.0. The van der Waals surface area contributed by atoms with Gasteiger partial charge in [0.2, 0.25) is 5.91 Å². The van der Waals surface area contributed by atoms with Gasteiger partial charge in [0.1, 0.15) is 5.82 Å². The van der Waals surface area contributed by atoms with Gasteiger partial charge in [0.15, 0.2) is 0 Å². The Morgan fingerprint density at radius 3 is 2.89 bits per heavy atom. The summed E-state index contributed by atoms with van der Waals surface area (Å²) in [5, 5.41) is 6.15. The number of nitrogens with one attached hydrogen (secondary N) is 2. The van der Waals surface area contributed by atoms with E-state index in [-0.39, 0.29) is 17.1 Å². The molecule has 0 saturated carbocycles. The van der Waals surface area contributed by atoms with Crippen LogP contribution in [0, 0.1) is 18.2 Å². The molecule has 18 heavy (non-hydrogen) atoms. The highest BCUT2D eigenvalue weighted by molar-refractivity contribution is 5.95. The Kier molecular flexibility index (Phi) is 3.66. The molecule has 3 nitrogen and oxygen atoms in total. The van der Waals surface area contributed by atoms with Crippen LogP contribution in [0.15, 0.2) is 18.2 Å². The highest BCUT2D eigenvalue weighted by Crippen LogP contribution is 2.28. The van der Waals surface area contributed by atoms with Gasteiger partial charge < -0.3 is 10.6 Å². The zero-order valence-corrected chi connectivity index (χ0v) is 10.8. The molecule has 0 aliphatic carbocycles. The molecule has 0 spiro atoms. The van der Waals surface area contributed by atoms with Crippen molar-refractivity contribution in [1.29, 1.82) is 0 Å². The number of anilines is 1. The first-order chi connectivity index (χ1) is 8.51. The van der Waals surface area contributed by atoms with Crippen LogP contribution in [0.1, 0.15) is 25.3 Å². The molecule has 1 aromatic carbocycles. The van der Waals surface area contributed by atoms with Gasteiger partial charge in [-0.3, -0.25) is 4.79 Å². The highest BCUT2D eigenvalue weighted by atomic mass is 19.1. The van der Waals surface area contributed by atoms with Gasteiger partial charge in [0.25, 0.3) is 0 Å². The van der Waals surface area contributed by atoms with Gasteiger partial charge in [-0.15, -0.1) is 0 Å². The van der Waals surface area contributed by atoms with Crippen LogP contribution in [0.5, 0.6) is 0 Å². The predicted octanol–water partition coefficient (Wildman–Crippen LogP) is 2.46. The molecule has 1 atom stereocenters. The molecule has 2 rings (SSSR count). The molecule has 1 fully saturated rings. The maximum atomic E-state index is 13.0. The summed E-state index contributed by atoms with van der Waals surface area (Å²) in [6.07, 6.45) is 1.89. The Labute approximate surface area is 107 Å². The molecular weight excluding hydrogens is 231 g/mol. The third-order valence-corrected chi connectivity index (χ3v) is 3.58. The van der Waals surface area contributed by atoms with Gasteiger partial charge in [-0.25, -0.2) is 4.39 Å². The van der Waals surface area contributed by atoms with Gasteiger partial charge in [-0.2, -0.15) is 0 Å². The molecule has 1 heterocycles. The second-order valence-electron chi connectivity index (χ2n) is 5.25. The predicted molar refractivity (Wildman–Crippen MR) is 70.0 cm³/mol. The fourth-order valence-corrected chi connectivity index (χ4v) is 2.29. The Morgan fingerprint density at radius 2 is 2.28 bits per heavy atom. The minimum absolute atomic E-state index is 0.00408. The topological polar surface area (TPSA) is 41.1 Å². The molecule has 1 saturated heterocycles. The quantitative estimate of drug-likeness (QED) is 0.846. The average Bonchev–Trinajstić information content (AvgIpc) is 2.33. The average molecular weight is 250 g/mol. The molecule has 2 N–H and O–H groups in total. The third-order valence-electron chi connectivity index (χ3n) is 3.58. The van der Waals surface area contributed by atoms with E-state index in [2.05, 4.69) is 10.6 Å². The monoisotopic (exact) mass is 250 g/mol. The SMILES string of the molecule is Cc1cc(F)ccc1NC(=O)C1(C)CCCNC1. The molecule has 1 aliphatic rings. The maximum Gasteiger partial charge on any atom is 0.231 e. The van der Waals surface area contributed by atoms with Crippen LogP contribution >= 0.6 is 0 Å². The van der Waals surface area contributed by atoms with E-state index in [1.54, 1.807) is 13.0 Å². The van der Waals surface area contributed by atoms with Gasteiger partial charge in [-0.05, 0) is 57.0 Å². The summed E-state index contributed by atoms with van der Waals surface area (Å²) >= 11 is 0. The van der Waals surface area contributed by atoms with Crippen molar-refractivity contribution in [2.75, 3.05) is 18.4 Å². The third kappa shape index (κ3) is 2.70. The lowest BCUT2D eigenvalue weighted by Gasteiger charge is -2.32. The zero-order chi connectivity index (χ0) is 13.2. The summed E-state index contributed by atoms with van der Waals surface area (Å²) in [4.78, 5) is 12.3. The summed E-state index contributed by atoms with van der Waals surface area (Å²) in [6, 6.07) is 4.41. The minimum Gasteiger partial charge on any atom is -0.325 e. The second-order valence-corrected chi connectivity index (χ2v) is 5.25. The lowest BCUT2D eigenvalue weighted by Crippen LogP contribution is -2.46. The summed E-state index contributed by atoms with van der Waals surface area (Å²) in [5.74, 6) is -0.277. The van der Waals surface area contributed by atoms with Crippen LogP contribution in [0.4, 0.5) is 10.1 Å².